The van der Waals surface area contributed by atoms with E-state index in [1.807, 2.05) is 13.0 Å². The van der Waals surface area contributed by atoms with Crippen LogP contribution in [0.2, 0.25) is 0 Å². The summed E-state index contributed by atoms with van der Waals surface area (Å²) in [6, 6.07) is 0. The highest BCUT2D eigenvalue weighted by molar-refractivity contribution is 5.19. The van der Waals surface area contributed by atoms with Gasteiger partial charge in [0.1, 0.15) is 5.83 Å². The number of hydrogen-bond acceptors (Lipinski definition) is 1. The van der Waals surface area contributed by atoms with Crippen molar-refractivity contribution in [2.45, 2.75) is 32.0 Å². The van der Waals surface area contributed by atoms with Gasteiger partial charge in [0, 0.05) is 5.92 Å². The summed E-state index contributed by atoms with van der Waals surface area (Å²) in [7, 11) is 0. The van der Waals surface area contributed by atoms with Gasteiger partial charge >= 0.3 is 0 Å². The Balaban J connectivity index is 1.97. The minimum Gasteiger partial charge on any atom is -0.370 e. The molecule has 1 fully saturated rings. The molecule has 66 valence electrons. The van der Waals surface area contributed by atoms with Gasteiger partial charge in [0.25, 0.3) is 0 Å². The first-order valence-electron chi connectivity index (χ1n) is 4.46. The molecule has 0 amide bonds. The maximum Gasteiger partial charge on any atom is 0.106 e. The highest BCUT2D eigenvalue weighted by Gasteiger charge is 2.30. The molecule has 0 saturated heterocycles. The largest absolute Gasteiger partial charge is 0.370 e. The van der Waals surface area contributed by atoms with Gasteiger partial charge in [0.15, 0.2) is 0 Å². The van der Waals surface area contributed by atoms with Gasteiger partial charge in [0.05, 0.1) is 12.2 Å². The molecule has 2 heteroatoms. The van der Waals surface area contributed by atoms with Crippen LogP contribution in [0.5, 0.6) is 0 Å². The minimum atomic E-state index is -0.101. The van der Waals surface area contributed by atoms with Crippen molar-refractivity contribution >= 4 is 0 Å². The molecule has 2 unspecified atom stereocenters. The minimum absolute atomic E-state index is 0.0394. The lowest BCUT2D eigenvalue weighted by Crippen LogP contribution is -2.22. The first-order chi connectivity index (χ1) is 5.77. The molecular formula is C10H13FO. The normalized spacial score (nSPS) is 35.0. The smallest absolute Gasteiger partial charge is 0.106 e. The molecular weight excluding hydrogens is 155 g/mol. The zero-order valence-electron chi connectivity index (χ0n) is 7.16. The predicted octanol–water partition coefficient (Wildman–Crippen LogP) is 2.59. The SMILES string of the molecule is CC1C(F)=CC=CC1OC1CC1. The van der Waals surface area contributed by atoms with E-state index in [4.69, 9.17) is 4.74 Å². The van der Waals surface area contributed by atoms with Crippen LogP contribution in [0.3, 0.4) is 0 Å². The van der Waals surface area contributed by atoms with Gasteiger partial charge in [-0.05, 0) is 18.9 Å². The molecule has 0 spiro atoms. The van der Waals surface area contributed by atoms with E-state index in [0.717, 1.165) is 12.8 Å². The molecule has 0 aromatic carbocycles. The molecule has 2 atom stereocenters. The number of ether oxygens (including phenoxy) is 1. The summed E-state index contributed by atoms with van der Waals surface area (Å²) in [4.78, 5) is 0. The van der Waals surface area contributed by atoms with E-state index in [1.54, 1.807) is 6.08 Å². The summed E-state index contributed by atoms with van der Waals surface area (Å²) in [5, 5.41) is 0. The maximum absolute atomic E-state index is 13.0. The Hall–Kier alpha value is -0.630. The molecule has 12 heavy (non-hydrogen) atoms. The Morgan fingerprint density at radius 2 is 2.25 bits per heavy atom. The van der Waals surface area contributed by atoms with Crippen molar-refractivity contribution in [2.75, 3.05) is 0 Å². The lowest BCUT2D eigenvalue weighted by Gasteiger charge is -2.22. The second-order valence-corrected chi connectivity index (χ2v) is 3.53. The molecule has 0 radical (unpaired) electrons. The number of halogens is 1. The average molecular weight is 168 g/mol. The van der Waals surface area contributed by atoms with Crippen molar-refractivity contribution in [1.82, 2.24) is 0 Å². The van der Waals surface area contributed by atoms with Gasteiger partial charge in [-0.25, -0.2) is 4.39 Å². The van der Waals surface area contributed by atoms with E-state index in [-0.39, 0.29) is 17.8 Å². The summed E-state index contributed by atoms with van der Waals surface area (Å²) in [5.74, 6) is -0.168. The van der Waals surface area contributed by atoms with Crippen molar-refractivity contribution in [1.29, 1.82) is 0 Å². The third-order valence-electron chi connectivity index (χ3n) is 2.36. The van der Waals surface area contributed by atoms with Gasteiger partial charge in [-0.3, -0.25) is 0 Å². The van der Waals surface area contributed by atoms with E-state index in [0.29, 0.717) is 6.10 Å². The monoisotopic (exact) mass is 168 g/mol. The van der Waals surface area contributed by atoms with Crippen molar-refractivity contribution in [3.63, 3.8) is 0 Å². The Labute approximate surface area is 71.9 Å². The molecule has 2 rings (SSSR count). The van der Waals surface area contributed by atoms with Crippen LogP contribution in [0, 0.1) is 5.92 Å². The van der Waals surface area contributed by atoms with E-state index >= 15 is 0 Å². The van der Waals surface area contributed by atoms with Crippen molar-refractivity contribution in [3.05, 3.63) is 24.1 Å². The van der Waals surface area contributed by atoms with Crippen molar-refractivity contribution < 1.29 is 9.13 Å². The van der Waals surface area contributed by atoms with E-state index < -0.39 is 0 Å². The molecule has 2 aliphatic carbocycles. The third kappa shape index (κ3) is 1.58. The van der Waals surface area contributed by atoms with Crippen LogP contribution in [0.15, 0.2) is 24.1 Å². The lowest BCUT2D eigenvalue weighted by molar-refractivity contribution is 0.0401. The third-order valence-corrected chi connectivity index (χ3v) is 2.36. The molecule has 0 heterocycles. The topological polar surface area (TPSA) is 9.23 Å². The fraction of sp³-hybridized carbons (Fsp3) is 0.600. The molecule has 0 aliphatic heterocycles. The number of hydrogen-bond donors (Lipinski definition) is 0. The highest BCUT2D eigenvalue weighted by atomic mass is 19.1. The van der Waals surface area contributed by atoms with Crippen LogP contribution in [0.4, 0.5) is 4.39 Å². The second kappa shape index (κ2) is 3.02. The Kier molecular flexibility index (Phi) is 2.01. The van der Waals surface area contributed by atoms with Crippen LogP contribution in [0.25, 0.3) is 0 Å². The number of rotatable bonds is 2. The van der Waals surface area contributed by atoms with Gasteiger partial charge in [-0.15, -0.1) is 0 Å². The molecule has 0 aromatic heterocycles. The van der Waals surface area contributed by atoms with Crippen molar-refractivity contribution in [3.8, 4) is 0 Å². The zero-order valence-corrected chi connectivity index (χ0v) is 7.16. The Morgan fingerprint density at radius 3 is 2.92 bits per heavy atom. The van der Waals surface area contributed by atoms with Crippen LogP contribution < -0.4 is 0 Å². The molecule has 1 nitrogen and oxygen atoms in total. The fourth-order valence-electron chi connectivity index (χ4n) is 1.32. The van der Waals surface area contributed by atoms with Gasteiger partial charge in [0.2, 0.25) is 0 Å². The summed E-state index contributed by atoms with van der Waals surface area (Å²) < 4.78 is 18.6. The van der Waals surface area contributed by atoms with Crippen LogP contribution >= 0.6 is 0 Å². The van der Waals surface area contributed by atoms with E-state index in [9.17, 15) is 4.39 Å². The summed E-state index contributed by atoms with van der Waals surface area (Å²) in [5.41, 5.74) is 0. The Morgan fingerprint density at radius 1 is 1.50 bits per heavy atom. The molecule has 2 aliphatic rings. The summed E-state index contributed by atoms with van der Waals surface area (Å²) >= 11 is 0. The van der Waals surface area contributed by atoms with Crippen LogP contribution in [0.1, 0.15) is 19.8 Å². The predicted molar refractivity (Wildman–Crippen MR) is 45.4 cm³/mol. The van der Waals surface area contributed by atoms with E-state index in [2.05, 4.69) is 0 Å². The van der Waals surface area contributed by atoms with Crippen molar-refractivity contribution in [2.24, 2.45) is 5.92 Å². The lowest BCUT2D eigenvalue weighted by atomic mass is 9.98. The summed E-state index contributed by atoms with van der Waals surface area (Å²) in [6.45, 7) is 1.86. The highest BCUT2D eigenvalue weighted by Crippen LogP contribution is 2.31. The standard InChI is InChI=1S/C10H13FO/c1-7-9(11)3-2-4-10(7)12-8-5-6-8/h2-4,7-8,10H,5-6H2,1H3. The molecule has 1 saturated carbocycles. The Bertz CT molecular complexity index is 228. The molecule has 0 N–H and O–H groups in total. The number of allylic oxidation sites excluding steroid dienone is 2. The van der Waals surface area contributed by atoms with E-state index in [1.165, 1.54) is 6.08 Å². The van der Waals surface area contributed by atoms with Crippen LogP contribution in [-0.2, 0) is 4.74 Å². The first-order valence-corrected chi connectivity index (χ1v) is 4.46. The molecule has 0 bridgehead atoms. The van der Waals surface area contributed by atoms with Gasteiger partial charge in [-0.2, -0.15) is 0 Å². The molecule has 0 aromatic rings. The second-order valence-electron chi connectivity index (χ2n) is 3.53. The zero-order chi connectivity index (χ0) is 8.55. The summed E-state index contributed by atoms with van der Waals surface area (Å²) in [6.07, 6.45) is 7.83. The first kappa shape index (κ1) is 7.99. The quantitative estimate of drug-likeness (QED) is 0.615. The average Bonchev–Trinajstić information content (AvgIpc) is 2.83. The maximum atomic E-state index is 13.0. The van der Waals surface area contributed by atoms with Gasteiger partial charge < -0.3 is 4.74 Å². The van der Waals surface area contributed by atoms with Gasteiger partial charge in [-0.1, -0.05) is 19.1 Å². The van der Waals surface area contributed by atoms with Crippen LogP contribution in [-0.4, -0.2) is 12.2 Å². The fourth-order valence-corrected chi connectivity index (χ4v) is 1.32.